The van der Waals surface area contributed by atoms with Crippen molar-refractivity contribution in [3.8, 4) is 17.2 Å². The predicted molar refractivity (Wildman–Crippen MR) is 74.0 cm³/mol. The first-order chi connectivity index (χ1) is 9.69. The number of ketones is 1. The third kappa shape index (κ3) is 2.01. The van der Waals surface area contributed by atoms with E-state index in [0.717, 1.165) is 11.3 Å². The molecule has 1 N–H and O–H groups in total. The number of aromatic hydroxyl groups is 1. The van der Waals surface area contributed by atoms with Crippen molar-refractivity contribution in [2.45, 2.75) is 0 Å². The predicted octanol–water partition coefficient (Wildman–Crippen LogP) is 3.02. The molecule has 0 saturated heterocycles. The van der Waals surface area contributed by atoms with Crippen LogP contribution in [0.1, 0.15) is 15.9 Å². The van der Waals surface area contributed by atoms with Gasteiger partial charge in [-0.25, -0.2) is 0 Å². The molecule has 20 heavy (non-hydrogen) atoms. The van der Waals surface area contributed by atoms with Gasteiger partial charge in [-0.3, -0.25) is 4.79 Å². The van der Waals surface area contributed by atoms with Gasteiger partial charge in [0.05, 0.1) is 12.7 Å². The maximum atomic E-state index is 12.1. The van der Waals surface area contributed by atoms with E-state index >= 15 is 0 Å². The highest BCUT2D eigenvalue weighted by Gasteiger charge is 2.29. The first kappa shape index (κ1) is 12.3. The van der Waals surface area contributed by atoms with E-state index in [2.05, 4.69) is 0 Å². The van der Waals surface area contributed by atoms with Crippen LogP contribution >= 0.6 is 0 Å². The molecule has 1 aliphatic rings. The molecule has 0 unspecified atom stereocenters. The molecule has 2 aromatic carbocycles. The molecule has 100 valence electrons. The van der Waals surface area contributed by atoms with Gasteiger partial charge in [0.15, 0.2) is 17.3 Å². The molecule has 0 saturated carbocycles. The van der Waals surface area contributed by atoms with Crippen LogP contribution in [0.4, 0.5) is 0 Å². The van der Waals surface area contributed by atoms with E-state index in [4.69, 9.17) is 9.47 Å². The first-order valence-corrected chi connectivity index (χ1v) is 6.09. The van der Waals surface area contributed by atoms with Gasteiger partial charge in [0, 0.05) is 0 Å². The molecule has 0 radical (unpaired) electrons. The Bertz CT molecular complexity index is 699. The van der Waals surface area contributed by atoms with Crippen LogP contribution in [0.25, 0.3) is 6.08 Å². The monoisotopic (exact) mass is 268 g/mol. The number of methoxy groups -OCH3 is 1. The fourth-order valence-corrected chi connectivity index (χ4v) is 2.05. The molecule has 4 nitrogen and oxygen atoms in total. The number of carbonyl (C=O) groups excluding carboxylic acids is 1. The number of para-hydroxylation sites is 1. The lowest BCUT2D eigenvalue weighted by Crippen LogP contribution is -1.97. The number of phenols is 1. The lowest BCUT2D eigenvalue weighted by Gasteiger charge is -2.01. The molecule has 0 atom stereocenters. The van der Waals surface area contributed by atoms with Crippen LogP contribution in [-0.2, 0) is 0 Å². The minimum absolute atomic E-state index is 0.0334. The van der Waals surface area contributed by atoms with Crippen LogP contribution in [-0.4, -0.2) is 18.0 Å². The van der Waals surface area contributed by atoms with Crippen LogP contribution in [0.15, 0.2) is 48.2 Å². The average Bonchev–Trinajstić information content (AvgIpc) is 2.79. The third-order valence-corrected chi connectivity index (χ3v) is 3.09. The van der Waals surface area contributed by atoms with Crippen molar-refractivity contribution in [3.05, 3.63) is 59.4 Å². The summed E-state index contributed by atoms with van der Waals surface area (Å²) < 4.78 is 10.5. The van der Waals surface area contributed by atoms with Gasteiger partial charge >= 0.3 is 0 Å². The number of hydrogen-bond acceptors (Lipinski definition) is 4. The smallest absolute Gasteiger partial charge is 0.232 e. The summed E-state index contributed by atoms with van der Waals surface area (Å²) in [5, 5.41) is 9.68. The van der Waals surface area contributed by atoms with Crippen molar-refractivity contribution in [1.29, 1.82) is 0 Å². The van der Waals surface area contributed by atoms with Crippen molar-refractivity contribution in [1.82, 2.24) is 0 Å². The fourth-order valence-electron chi connectivity index (χ4n) is 2.05. The van der Waals surface area contributed by atoms with Crippen LogP contribution in [0.3, 0.4) is 0 Å². The van der Waals surface area contributed by atoms with Gasteiger partial charge in [-0.15, -0.1) is 0 Å². The highest BCUT2D eigenvalue weighted by Crippen LogP contribution is 2.38. The van der Waals surface area contributed by atoms with E-state index in [0.29, 0.717) is 5.56 Å². The first-order valence-electron chi connectivity index (χ1n) is 6.09. The fraction of sp³-hybridized carbons (Fsp3) is 0.0625. The molecule has 0 spiro atoms. The highest BCUT2D eigenvalue weighted by molar-refractivity contribution is 6.15. The second kappa shape index (κ2) is 4.74. The van der Waals surface area contributed by atoms with E-state index < -0.39 is 0 Å². The molecular weight excluding hydrogens is 256 g/mol. The third-order valence-electron chi connectivity index (χ3n) is 3.09. The summed E-state index contributed by atoms with van der Waals surface area (Å²) in [4.78, 5) is 12.1. The SMILES string of the molecule is COc1ccc(/C=C2\Oc3c(O)cccc3C2=O)cc1. The van der Waals surface area contributed by atoms with Crippen LogP contribution in [0.2, 0.25) is 0 Å². The van der Waals surface area contributed by atoms with Crippen molar-refractivity contribution in [2.24, 2.45) is 0 Å². The summed E-state index contributed by atoms with van der Waals surface area (Å²) in [6, 6.07) is 12.0. The number of rotatable bonds is 2. The van der Waals surface area contributed by atoms with E-state index in [1.165, 1.54) is 6.07 Å². The van der Waals surface area contributed by atoms with Crippen LogP contribution in [0.5, 0.6) is 17.2 Å². The Balaban J connectivity index is 1.95. The van der Waals surface area contributed by atoms with Gasteiger partial charge in [-0.2, -0.15) is 0 Å². The van der Waals surface area contributed by atoms with Crippen LogP contribution < -0.4 is 9.47 Å². The van der Waals surface area contributed by atoms with Crippen molar-refractivity contribution in [2.75, 3.05) is 7.11 Å². The maximum absolute atomic E-state index is 12.1. The zero-order valence-electron chi connectivity index (χ0n) is 10.8. The van der Waals surface area contributed by atoms with Gasteiger partial charge in [0.1, 0.15) is 5.75 Å². The molecule has 0 amide bonds. The maximum Gasteiger partial charge on any atom is 0.232 e. The molecule has 1 aliphatic heterocycles. The minimum atomic E-state index is -0.230. The van der Waals surface area contributed by atoms with Gasteiger partial charge in [-0.1, -0.05) is 18.2 Å². The Morgan fingerprint density at radius 2 is 1.90 bits per heavy atom. The number of carbonyl (C=O) groups is 1. The van der Waals surface area contributed by atoms with Gasteiger partial charge in [-0.05, 0) is 35.9 Å². The number of ether oxygens (including phenoxy) is 2. The minimum Gasteiger partial charge on any atom is -0.504 e. The van der Waals surface area contributed by atoms with Crippen molar-refractivity contribution < 1.29 is 19.4 Å². The number of phenolic OH excluding ortho intramolecular Hbond substituents is 1. The van der Waals surface area contributed by atoms with E-state index in [1.54, 1.807) is 37.5 Å². The Morgan fingerprint density at radius 3 is 2.55 bits per heavy atom. The zero-order chi connectivity index (χ0) is 14.1. The molecule has 0 fully saturated rings. The average molecular weight is 268 g/mol. The van der Waals surface area contributed by atoms with Crippen molar-refractivity contribution in [3.63, 3.8) is 0 Å². The number of allylic oxidation sites excluding steroid dienone is 1. The molecule has 0 bridgehead atoms. The molecule has 0 aliphatic carbocycles. The normalized spacial score (nSPS) is 15.1. The summed E-state index contributed by atoms with van der Waals surface area (Å²) in [7, 11) is 1.59. The Kier molecular flexibility index (Phi) is 2.91. The number of hydrogen-bond donors (Lipinski definition) is 1. The number of fused-ring (bicyclic) bond motifs is 1. The summed E-state index contributed by atoms with van der Waals surface area (Å²) >= 11 is 0. The number of benzene rings is 2. The quantitative estimate of drug-likeness (QED) is 0.851. The topological polar surface area (TPSA) is 55.8 Å². The summed E-state index contributed by atoms with van der Waals surface area (Å²) in [6.45, 7) is 0. The van der Waals surface area contributed by atoms with Gasteiger partial charge in [0.2, 0.25) is 5.78 Å². The summed E-state index contributed by atoms with van der Waals surface area (Å²) in [5.74, 6) is 0.899. The second-order valence-corrected chi connectivity index (χ2v) is 4.37. The summed E-state index contributed by atoms with van der Waals surface area (Å²) in [5.41, 5.74) is 1.20. The Morgan fingerprint density at radius 1 is 1.15 bits per heavy atom. The lowest BCUT2D eigenvalue weighted by atomic mass is 10.1. The largest absolute Gasteiger partial charge is 0.504 e. The van der Waals surface area contributed by atoms with E-state index in [-0.39, 0.29) is 23.0 Å². The molecule has 1 heterocycles. The zero-order valence-corrected chi connectivity index (χ0v) is 10.8. The highest BCUT2D eigenvalue weighted by atomic mass is 16.5. The van der Waals surface area contributed by atoms with E-state index in [1.807, 2.05) is 12.1 Å². The molecule has 0 aromatic heterocycles. The Hall–Kier alpha value is -2.75. The standard InChI is InChI=1S/C16H12O4/c1-19-11-7-5-10(6-8-11)9-14-15(18)12-3-2-4-13(17)16(12)20-14/h2-9,17H,1H3/b14-9-. The molecule has 4 heteroatoms. The van der Waals surface area contributed by atoms with Crippen molar-refractivity contribution >= 4 is 11.9 Å². The molecule has 2 aromatic rings. The second-order valence-electron chi connectivity index (χ2n) is 4.37. The summed E-state index contributed by atoms with van der Waals surface area (Å²) in [6.07, 6.45) is 1.64. The molecule has 3 rings (SSSR count). The lowest BCUT2D eigenvalue weighted by molar-refractivity contribution is 0.101. The number of Topliss-reactive ketones (excluding diaryl/α,β-unsaturated/α-hetero) is 1. The van der Waals surface area contributed by atoms with E-state index in [9.17, 15) is 9.90 Å². The van der Waals surface area contributed by atoms with Gasteiger partial charge in [0.25, 0.3) is 0 Å². The molecular formula is C16H12O4. The van der Waals surface area contributed by atoms with Crippen LogP contribution in [0, 0.1) is 0 Å². The Labute approximate surface area is 115 Å². The van der Waals surface area contributed by atoms with Gasteiger partial charge < -0.3 is 14.6 Å².